The standard InChI is InChI=1S/C19H24N2O6S/c1-13-5-7-15(12-16(13)19(22)20-9-10-25-2)28(23,24)21-14-6-8-17(26-3)18(11-14)27-4/h5-8,11-12,21H,9-10H2,1-4H3,(H,20,22). The van der Waals surface area contributed by atoms with Gasteiger partial charge in [0.2, 0.25) is 0 Å². The Morgan fingerprint density at radius 2 is 1.71 bits per heavy atom. The molecule has 0 atom stereocenters. The van der Waals surface area contributed by atoms with Crippen LogP contribution in [0.15, 0.2) is 41.3 Å². The van der Waals surface area contributed by atoms with Gasteiger partial charge in [0.05, 0.1) is 31.4 Å². The van der Waals surface area contributed by atoms with Crippen molar-refractivity contribution in [1.29, 1.82) is 0 Å². The fraction of sp³-hybridized carbons (Fsp3) is 0.316. The zero-order valence-corrected chi connectivity index (χ0v) is 17.1. The van der Waals surface area contributed by atoms with Crippen molar-refractivity contribution in [2.45, 2.75) is 11.8 Å². The van der Waals surface area contributed by atoms with E-state index in [4.69, 9.17) is 14.2 Å². The number of amides is 1. The Balaban J connectivity index is 2.28. The maximum absolute atomic E-state index is 12.8. The van der Waals surface area contributed by atoms with Gasteiger partial charge in [0.1, 0.15) is 0 Å². The second-order valence-corrected chi connectivity index (χ2v) is 7.58. The molecule has 2 rings (SSSR count). The molecule has 0 heterocycles. The van der Waals surface area contributed by atoms with E-state index in [0.717, 1.165) is 0 Å². The Morgan fingerprint density at radius 1 is 1.00 bits per heavy atom. The van der Waals surface area contributed by atoms with Crippen LogP contribution in [0.5, 0.6) is 11.5 Å². The Hall–Kier alpha value is -2.78. The number of aryl methyl sites for hydroxylation is 1. The summed E-state index contributed by atoms with van der Waals surface area (Å²) >= 11 is 0. The van der Waals surface area contributed by atoms with Crippen molar-refractivity contribution >= 4 is 21.6 Å². The lowest BCUT2D eigenvalue weighted by Crippen LogP contribution is -2.28. The minimum atomic E-state index is -3.91. The van der Waals surface area contributed by atoms with Gasteiger partial charge in [0, 0.05) is 25.3 Å². The van der Waals surface area contributed by atoms with Crippen LogP contribution in [0.3, 0.4) is 0 Å². The number of anilines is 1. The maximum Gasteiger partial charge on any atom is 0.261 e. The van der Waals surface area contributed by atoms with E-state index in [1.54, 1.807) is 25.1 Å². The Kier molecular flexibility index (Phi) is 7.24. The zero-order chi connectivity index (χ0) is 20.7. The molecule has 2 aromatic carbocycles. The first-order valence-electron chi connectivity index (χ1n) is 8.45. The molecular weight excluding hydrogens is 384 g/mol. The number of sulfonamides is 1. The van der Waals surface area contributed by atoms with Crippen molar-refractivity contribution in [2.75, 3.05) is 39.2 Å². The van der Waals surface area contributed by atoms with E-state index in [-0.39, 0.29) is 16.4 Å². The van der Waals surface area contributed by atoms with Gasteiger partial charge in [-0.2, -0.15) is 0 Å². The highest BCUT2D eigenvalue weighted by atomic mass is 32.2. The number of hydrogen-bond acceptors (Lipinski definition) is 6. The van der Waals surface area contributed by atoms with Crippen molar-refractivity contribution in [1.82, 2.24) is 5.32 Å². The van der Waals surface area contributed by atoms with Gasteiger partial charge in [-0.3, -0.25) is 9.52 Å². The average Bonchev–Trinajstić information content (AvgIpc) is 2.67. The normalized spacial score (nSPS) is 11.0. The van der Waals surface area contributed by atoms with Crippen LogP contribution in [0.4, 0.5) is 5.69 Å². The topological polar surface area (TPSA) is 103 Å². The molecule has 0 aromatic heterocycles. The van der Waals surface area contributed by atoms with Crippen LogP contribution in [0.1, 0.15) is 15.9 Å². The minimum Gasteiger partial charge on any atom is -0.493 e. The first-order chi connectivity index (χ1) is 13.3. The molecule has 0 aliphatic carbocycles. The molecule has 0 aliphatic rings. The summed E-state index contributed by atoms with van der Waals surface area (Å²) in [5.74, 6) is 0.512. The quantitative estimate of drug-likeness (QED) is 0.617. The number of benzene rings is 2. The van der Waals surface area contributed by atoms with Crippen molar-refractivity contribution in [3.05, 3.63) is 47.5 Å². The van der Waals surface area contributed by atoms with Crippen LogP contribution in [0.2, 0.25) is 0 Å². The van der Waals surface area contributed by atoms with E-state index < -0.39 is 10.0 Å². The van der Waals surface area contributed by atoms with Gasteiger partial charge in [-0.15, -0.1) is 0 Å². The molecule has 0 aliphatic heterocycles. The summed E-state index contributed by atoms with van der Waals surface area (Å²) in [5, 5.41) is 2.69. The highest BCUT2D eigenvalue weighted by Crippen LogP contribution is 2.30. The number of carbonyl (C=O) groups excluding carboxylic acids is 1. The van der Waals surface area contributed by atoms with Crippen LogP contribution in [0, 0.1) is 6.92 Å². The van der Waals surface area contributed by atoms with Gasteiger partial charge in [0.25, 0.3) is 15.9 Å². The molecular formula is C19H24N2O6S. The summed E-state index contributed by atoms with van der Waals surface area (Å²) in [5.41, 5.74) is 1.26. The number of ether oxygens (including phenoxy) is 3. The van der Waals surface area contributed by atoms with E-state index in [2.05, 4.69) is 10.0 Å². The van der Waals surface area contributed by atoms with Crippen molar-refractivity contribution in [3.63, 3.8) is 0 Å². The van der Waals surface area contributed by atoms with Gasteiger partial charge >= 0.3 is 0 Å². The molecule has 0 radical (unpaired) electrons. The highest BCUT2D eigenvalue weighted by molar-refractivity contribution is 7.92. The lowest BCUT2D eigenvalue weighted by atomic mass is 10.1. The monoisotopic (exact) mass is 408 g/mol. The minimum absolute atomic E-state index is 0.0234. The Labute approximate surface area is 164 Å². The Bertz CT molecular complexity index is 943. The SMILES string of the molecule is COCCNC(=O)c1cc(S(=O)(=O)Nc2ccc(OC)c(OC)c2)ccc1C. The summed E-state index contributed by atoms with van der Waals surface area (Å²) < 4.78 is 43.2. The molecule has 0 saturated carbocycles. The van der Waals surface area contributed by atoms with Gasteiger partial charge in [-0.25, -0.2) is 8.42 Å². The van der Waals surface area contributed by atoms with Crippen LogP contribution in [-0.2, 0) is 14.8 Å². The van der Waals surface area contributed by atoms with Crippen LogP contribution in [0.25, 0.3) is 0 Å². The Morgan fingerprint density at radius 3 is 2.36 bits per heavy atom. The molecule has 8 nitrogen and oxygen atoms in total. The number of nitrogens with one attached hydrogen (secondary N) is 2. The summed E-state index contributed by atoms with van der Waals surface area (Å²) in [6.45, 7) is 2.43. The molecule has 0 unspecified atom stereocenters. The largest absolute Gasteiger partial charge is 0.493 e. The predicted molar refractivity (Wildman–Crippen MR) is 106 cm³/mol. The molecule has 152 valence electrons. The average molecular weight is 408 g/mol. The van der Waals surface area contributed by atoms with Crippen molar-refractivity contribution in [2.24, 2.45) is 0 Å². The summed E-state index contributed by atoms with van der Waals surface area (Å²) in [6, 6.07) is 9.06. The second kappa shape index (κ2) is 9.43. The van der Waals surface area contributed by atoms with E-state index in [1.807, 2.05) is 0 Å². The number of methoxy groups -OCH3 is 3. The molecule has 0 spiro atoms. The van der Waals surface area contributed by atoms with Crippen LogP contribution >= 0.6 is 0 Å². The molecule has 9 heteroatoms. The smallest absolute Gasteiger partial charge is 0.261 e. The molecule has 0 bridgehead atoms. The number of rotatable bonds is 9. The van der Waals surface area contributed by atoms with E-state index in [9.17, 15) is 13.2 Å². The lowest BCUT2D eigenvalue weighted by Gasteiger charge is -2.13. The fourth-order valence-corrected chi connectivity index (χ4v) is 3.56. The molecule has 0 saturated heterocycles. The van der Waals surface area contributed by atoms with E-state index >= 15 is 0 Å². The molecule has 1 amide bonds. The predicted octanol–water partition coefficient (Wildman–Crippen LogP) is 2.19. The summed E-state index contributed by atoms with van der Waals surface area (Å²) in [7, 11) is 0.581. The van der Waals surface area contributed by atoms with E-state index in [1.165, 1.54) is 39.5 Å². The van der Waals surface area contributed by atoms with Crippen molar-refractivity contribution in [3.8, 4) is 11.5 Å². The second-order valence-electron chi connectivity index (χ2n) is 5.90. The lowest BCUT2D eigenvalue weighted by molar-refractivity contribution is 0.0936. The number of hydrogen-bond donors (Lipinski definition) is 2. The first-order valence-corrected chi connectivity index (χ1v) is 9.93. The third kappa shape index (κ3) is 5.14. The molecule has 28 heavy (non-hydrogen) atoms. The van der Waals surface area contributed by atoms with Gasteiger partial charge < -0.3 is 19.5 Å². The first kappa shape index (κ1) is 21.5. The van der Waals surface area contributed by atoms with Gasteiger partial charge in [-0.1, -0.05) is 6.07 Å². The van der Waals surface area contributed by atoms with Crippen LogP contribution < -0.4 is 19.5 Å². The van der Waals surface area contributed by atoms with Gasteiger partial charge in [0.15, 0.2) is 11.5 Å². The zero-order valence-electron chi connectivity index (χ0n) is 16.2. The maximum atomic E-state index is 12.8. The molecule has 2 N–H and O–H groups in total. The van der Waals surface area contributed by atoms with E-state index in [0.29, 0.717) is 35.9 Å². The third-order valence-corrected chi connectivity index (χ3v) is 5.37. The summed E-state index contributed by atoms with van der Waals surface area (Å²) in [4.78, 5) is 12.3. The van der Waals surface area contributed by atoms with Crippen molar-refractivity contribution < 1.29 is 27.4 Å². The summed E-state index contributed by atoms with van der Waals surface area (Å²) in [6.07, 6.45) is 0. The van der Waals surface area contributed by atoms with Crippen LogP contribution in [-0.4, -0.2) is 48.8 Å². The third-order valence-electron chi connectivity index (χ3n) is 3.99. The van der Waals surface area contributed by atoms with Gasteiger partial charge in [-0.05, 0) is 36.8 Å². The molecule has 0 fully saturated rings. The number of carbonyl (C=O) groups is 1. The molecule has 2 aromatic rings. The fourth-order valence-electron chi connectivity index (χ4n) is 2.49. The highest BCUT2D eigenvalue weighted by Gasteiger charge is 2.19.